The highest BCUT2D eigenvalue weighted by Crippen LogP contribution is 2.24. The Labute approximate surface area is 122 Å². The van der Waals surface area contributed by atoms with Crippen molar-refractivity contribution in [1.29, 1.82) is 0 Å². The Morgan fingerprint density at radius 1 is 1.58 bits per heavy atom. The van der Waals surface area contributed by atoms with Crippen LogP contribution in [0.1, 0.15) is 39.0 Å². The molecule has 0 saturated heterocycles. The van der Waals surface area contributed by atoms with Crippen LogP contribution in [0.15, 0.2) is 21.5 Å². The van der Waals surface area contributed by atoms with Gasteiger partial charge in [-0.25, -0.2) is 0 Å². The number of thioether (sulfide) groups is 1. The van der Waals surface area contributed by atoms with Crippen molar-refractivity contribution in [1.82, 2.24) is 15.5 Å². The smallest absolute Gasteiger partial charge is 0.233 e. The minimum Gasteiger partial charge on any atom is -0.355 e. The Hall–Kier alpha value is -0.880. The number of carbonyl (C=O) groups is 1. The molecule has 0 radical (unpaired) electrons. The molecule has 1 N–H and O–H groups in total. The van der Waals surface area contributed by atoms with Crippen LogP contribution < -0.4 is 5.32 Å². The second kappa shape index (κ2) is 7.65. The molecule has 19 heavy (non-hydrogen) atoms. The molecule has 104 valence electrons. The first-order valence-electron chi connectivity index (χ1n) is 6.64. The lowest BCUT2D eigenvalue weighted by Crippen LogP contribution is -2.31. The minimum absolute atomic E-state index is 0.0802. The van der Waals surface area contributed by atoms with Crippen molar-refractivity contribution < 1.29 is 4.79 Å². The van der Waals surface area contributed by atoms with Crippen molar-refractivity contribution >= 4 is 29.0 Å². The molecule has 1 aromatic rings. The first kappa shape index (κ1) is 14.5. The third-order valence-electron chi connectivity index (χ3n) is 3.12. The number of amides is 1. The van der Waals surface area contributed by atoms with E-state index in [4.69, 9.17) is 0 Å². The van der Waals surface area contributed by atoms with Gasteiger partial charge in [0.05, 0.1) is 5.25 Å². The van der Waals surface area contributed by atoms with Crippen LogP contribution >= 0.6 is 23.1 Å². The van der Waals surface area contributed by atoms with Gasteiger partial charge < -0.3 is 5.32 Å². The molecule has 1 unspecified atom stereocenters. The molecule has 0 saturated carbocycles. The number of hydrogen-bond donors (Lipinski definition) is 1. The predicted octanol–water partition coefficient (Wildman–Crippen LogP) is 3.03. The van der Waals surface area contributed by atoms with Crippen molar-refractivity contribution in [2.24, 2.45) is 0 Å². The van der Waals surface area contributed by atoms with Crippen molar-refractivity contribution in [3.8, 4) is 0 Å². The second-order valence-electron chi connectivity index (χ2n) is 4.61. The van der Waals surface area contributed by atoms with Gasteiger partial charge in [0.15, 0.2) is 4.34 Å². The number of nitrogens with zero attached hydrogens (tertiary/aromatic N) is 2. The summed E-state index contributed by atoms with van der Waals surface area (Å²) in [6.07, 6.45) is 8.32. The van der Waals surface area contributed by atoms with Crippen molar-refractivity contribution in [2.75, 3.05) is 6.54 Å². The van der Waals surface area contributed by atoms with Crippen molar-refractivity contribution in [2.45, 2.75) is 48.6 Å². The third kappa shape index (κ3) is 4.95. The van der Waals surface area contributed by atoms with Crippen LogP contribution in [0.4, 0.5) is 0 Å². The molecule has 0 aromatic carbocycles. The summed E-state index contributed by atoms with van der Waals surface area (Å²) in [5.41, 5.74) is 3.18. The maximum absolute atomic E-state index is 11.9. The van der Waals surface area contributed by atoms with E-state index >= 15 is 0 Å². The quantitative estimate of drug-likeness (QED) is 0.648. The molecule has 0 spiro atoms. The normalized spacial score (nSPS) is 16.8. The Morgan fingerprint density at radius 3 is 3.16 bits per heavy atom. The fourth-order valence-electron chi connectivity index (χ4n) is 2.04. The number of hydrogen-bond acceptors (Lipinski definition) is 5. The van der Waals surface area contributed by atoms with E-state index in [2.05, 4.69) is 21.6 Å². The molecule has 0 aliphatic heterocycles. The molecule has 1 amide bonds. The van der Waals surface area contributed by atoms with Crippen molar-refractivity contribution in [3.63, 3.8) is 0 Å². The van der Waals surface area contributed by atoms with Gasteiger partial charge in [-0.15, -0.1) is 10.2 Å². The van der Waals surface area contributed by atoms with Gasteiger partial charge in [0.25, 0.3) is 0 Å². The van der Waals surface area contributed by atoms with Crippen LogP contribution in [0, 0.1) is 0 Å². The summed E-state index contributed by atoms with van der Waals surface area (Å²) >= 11 is 2.93. The minimum atomic E-state index is -0.117. The van der Waals surface area contributed by atoms with Gasteiger partial charge in [-0.3, -0.25) is 4.79 Å². The van der Waals surface area contributed by atoms with Crippen LogP contribution in [0.2, 0.25) is 0 Å². The molecular formula is C13H19N3OS2. The molecular weight excluding hydrogens is 278 g/mol. The molecule has 1 heterocycles. The number of nitrogens with one attached hydrogen (secondary N) is 1. The summed E-state index contributed by atoms with van der Waals surface area (Å²) in [4.78, 5) is 11.9. The Bertz CT molecular complexity index is 431. The Kier molecular flexibility index (Phi) is 5.85. The summed E-state index contributed by atoms with van der Waals surface area (Å²) in [5, 5.41) is 10.6. The molecule has 2 rings (SSSR count). The lowest BCUT2D eigenvalue weighted by atomic mass is 9.97. The van der Waals surface area contributed by atoms with E-state index in [-0.39, 0.29) is 11.2 Å². The number of carbonyl (C=O) groups excluding carboxylic acids is 1. The first-order chi connectivity index (χ1) is 9.25. The largest absolute Gasteiger partial charge is 0.355 e. The van der Waals surface area contributed by atoms with E-state index in [9.17, 15) is 4.79 Å². The monoisotopic (exact) mass is 297 g/mol. The lowest BCUT2D eigenvalue weighted by molar-refractivity contribution is -0.120. The Balaban J connectivity index is 1.67. The molecule has 0 fully saturated rings. The SMILES string of the molecule is CC(Sc1nncs1)C(=O)NCCC1=CCCCC1. The molecule has 4 nitrogen and oxygen atoms in total. The van der Waals surface area contributed by atoms with Gasteiger partial charge in [-0.05, 0) is 39.0 Å². The standard InChI is InChI=1S/C13H19N3OS2/c1-10(19-13-16-15-9-18-13)12(17)14-8-7-11-5-3-2-4-6-11/h5,9-10H,2-4,6-8H2,1H3,(H,14,17). The fourth-order valence-corrected chi connectivity index (χ4v) is 3.69. The molecule has 1 aliphatic carbocycles. The van der Waals surface area contributed by atoms with E-state index in [1.165, 1.54) is 54.4 Å². The number of rotatable bonds is 6. The topological polar surface area (TPSA) is 54.9 Å². The van der Waals surface area contributed by atoms with Crippen LogP contribution in [0.3, 0.4) is 0 Å². The van der Waals surface area contributed by atoms with E-state index in [0.717, 1.165) is 17.3 Å². The second-order valence-corrected chi connectivity index (χ2v) is 7.04. The van der Waals surface area contributed by atoms with Gasteiger partial charge in [-0.2, -0.15) is 0 Å². The van der Waals surface area contributed by atoms with Crippen LogP contribution in [-0.2, 0) is 4.79 Å². The highest BCUT2D eigenvalue weighted by molar-refractivity contribution is 8.02. The fraction of sp³-hybridized carbons (Fsp3) is 0.615. The highest BCUT2D eigenvalue weighted by atomic mass is 32.2. The van der Waals surface area contributed by atoms with E-state index in [1.807, 2.05) is 6.92 Å². The number of aromatic nitrogens is 2. The molecule has 1 aliphatic rings. The van der Waals surface area contributed by atoms with Gasteiger partial charge in [0.2, 0.25) is 5.91 Å². The Morgan fingerprint density at radius 2 is 2.47 bits per heavy atom. The van der Waals surface area contributed by atoms with Gasteiger partial charge >= 0.3 is 0 Å². The average molecular weight is 297 g/mol. The van der Waals surface area contributed by atoms with Crippen LogP contribution in [-0.4, -0.2) is 27.9 Å². The summed E-state index contributed by atoms with van der Waals surface area (Å²) in [6, 6.07) is 0. The first-order valence-corrected chi connectivity index (χ1v) is 8.40. The zero-order valence-corrected chi connectivity index (χ0v) is 12.7. The maximum atomic E-state index is 11.9. The third-order valence-corrected chi connectivity index (χ3v) is 5.03. The summed E-state index contributed by atoms with van der Waals surface area (Å²) in [5.74, 6) is 0.0802. The molecule has 1 aromatic heterocycles. The molecule has 6 heteroatoms. The van der Waals surface area contributed by atoms with Gasteiger partial charge in [0, 0.05) is 6.54 Å². The van der Waals surface area contributed by atoms with E-state index < -0.39 is 0 Å². The maximum Gasteiger partial charge on any atom is 0.233 e. The average Bonchev–Trinajstić information content (AvgIpc) is 2.92. The van der Waals surface area contributed by atoms with Crippen LogP contribution in [0.5, 0.6) is 0 Å². The zero-order valence-electron chi connectivity index (χ0n) is 11.1. The zero-order chi connectivity index (χ0) is 13.5. The highest BCUT2D eigenvalue weighted by Gasteiger charge is 2.15. The van der Waals surface area contributed by atoms with Crippen LogP contribution in [0.25, 0.3) is 0 Å². The van der Waals surface area contributed by atoms with E-state index in [1.54, 1.807) is 5.51 Å². The van der Waals surface area contributed by atoms with Gasteiger partial charge in [-0.1, -0.05) is 34.7 Å². The van der Waals surface area contributed by atoms with Crippen molar-refractivity contribution in [3.05, 3.63) is 17.2 Å². The van der Waals surface area contributed by atoms with E-state index in [0.29, 0.717) is 0 Å². The summed E-state index contributed by atoms with van der Waals surface area (Å²) < 4.78 is 0.845. The molecule has 0 bridgehead atoms. The lowest BCUT2D eigenvalue weighted by Gasteiger charge is -2.14. The summed E-state index contributed by atoms with van der Waals surface area (Å²) in [6.45, 7) is 2.65. The predicted molar refractivity (Wildman–Crippen MR) is 79.4 cm³/mol. The molecule has 1 atom stereocenters. The summed E-state index contributed by atoms with van der Waals surface area (Å²) in [7, 11) is 0. The number of allylic oxidation sites excluding steroid dienone is 1. The van der Waals surface area contributed by atoms with Gasteiger partial charge in [0.1, 0.15) is 5.51 Å².